The van der Waals surface area contributed by atoms with Gasteiger partial charge in [-0.3, -0.25) is 9.59 Å². The van der Waals surface area contributed by atoms with Gasteiger partial charge in [-0.15, -0.1) is 0 Å². The van der Waals surface area contributed by atoms with E-state index in [1.54, 1.807) is 0 Å². The molecule has 0 saturated carbocycles. The monoisotopic (exact) mass is 308 g/mol. The first-order valence-corrected chi connectivity index (χ1v) is 7.94. The van der Waals surface area contributed by atoms with Crippen molar-refractivity contribution in [1.82, 2.24) is 10.6 Å². The van der Waals surface area contributed by atoms with Crippen LogP contribution >= 0.6 is 0 Å². The Kier molecular flexibility index (Phi) is 4.71. The Balaban J connectivity index is 1.55. The summed E-state index contributed by atoms with van der Waals surface area (Å²) >= 11 is 0. The maximum atomic E-state index is 11.9. The highest BCUT2D eigenvalue weighted by atomic mass is 16.2. The summed E-state index contributed by atoms with van der Waals surface area (Å²) in [6.45, 7) is 0.573. The van der Waals surface area contributed by atoms with Crippen LogP contribution in [0.5, 0.6) is 0 Å². The Morgan fingerprint density at radius 1 is 1.09 bits per heavy atom. The molecule has 1 aliphatic heterocycles. The number of amides is 2. The molecule has 0 aromatic heterocycles. The molecule has 0 spiro atoms. The highest BCUT2D eigenvalue weighted by molar-refractivity contribution is 5.90. The van der Waals surface area contributed by atoms with Gasteiger partial charge in [0, 0.05) is 13.0 Å². The summed E-state index contributed by atoms with van der Waals surface area (Å²) in [5.74, 6) is -0.129. The number of benzene rings is 2. The predicted octanol–water partition coefficient (Wildman–Crippen LogP) is 2.29. The summed E-state index contributed by atoms with van der Waals surface area (Å²) < 4.78 is 0. The van der Waals surface area contributed by atoms with Crippen LogP contribution in [0.15, 0.2) is 54.6 Å². The van der Waals surface area contributed by atoms with Gasteiger partial charge in [-0.1, -0.05) is 54.6 Å². The fraction of sp³-hybridized carbons (Fsp3) is 0.263. The van der Waals surface area contributed by atoms with Crippen molar-refractivity contribution in [3.05, 3.63) is 60.2 Å². The van der Waals surface area contributed by atoms with Gasteiger partial charge in [-0.25, -0.2) is 0 Å². The molecule has 2 aromatic carbocycles. The summed E-state index contributed by atoms with van der Waals surface area (Å²) in [5, 5.41) is 5.58. The Hall–Kier alpha value is -2.62. The molecular weight excluding hydrogens is 288 g/mol. The molecule has 0 bridgehead atoms. The van der Waals surface area contributed by atoms with Crippen molar-refractivity contribution in [3.8, 4) is 11.1 Å². The molecule has 1 saturated heterocycles. The molecule has 2 N–H and O–H groups in total. The molecule has 1 heterocycles. The van der Waals surface area contributed by atoms with E-state index in [0.29, 0.717) is 19.4 Å². The lowest BCUT2D eigenvalue weighted by molar-refractivity contribution is -0.125. The van der Waals surface area contributed by atoms with Crippen LogP contribution in [0.2, 0.25) is 0 Å². The third-order valence-electron chi connectivity index (χ3n) is 4.06. The highest BCUT2D eigenvalue weighted by Gasteiger charge is 2.26. The van der Waals surface area contributed by atoms with E-state index in [4.69, 9.17) is 0 Å². The van der Waals surface area contributed by atoms with Crippen molar-refractivity contribution in [2.75, 3.05) is 6.54 Å². The summed E-state index contributed by atoms with van der Waals surface area (Å²) in [5.41, 5.74) is 3.55. The Labute approximate surface area is 135 Å². The van der Waals surface area contributed by atoms with E-state index in [9.17, 15) is 9.59 Å². The first-order valence-electron chi connectivity index (χ1n) is 7.94. The fourth-order valence-corrected chi connectivity index (χ4v) is 2.80. The molecular formula is C19H20N2O2. The summed E-state index contributed by atoms with van der Waals surface area (Å²) in [6.07, 6.45) is 1.80. The van der Waals surface area contributed by atoms with E-state index in [1.807, 2.05) is 24.3 Å². The fourth-order valence-electron chi connectivity index (χ4n) is 2.80. The van der Waals surface area contributed by atoms with Crippen molar-refractivity contribution in [2.24, 2.45) is 0 Å². The highest BCUT2D eigenvalue weighted by Crippen LogP contribution is 2.20. The molecule has 4 nitrogen and oxygen atoms in total. The van der Waals surface area contributed by atoms with Crippen LogP contribution in [0.4, 0.5) is 0 Å². The van der Waals surface area contributed by atoms with Crippen LogP contribution in [0, 0.1) is 0 Å². The Bertz CT molecular complexity index is 698. The van der Waals surface area contributed by atoms with E-state index in [0.717, 1.165) is 6.42 Å². The maximum Gasteiger partial charge on any atom is 0.242 e. The molecule has 2 amide bonds. The number of hydrogen-bond donors (Lipinski definition) is 2. The summed E-state index contributed by atoms with van der Waals surface area (Å²) in [6, 6.07) is 18.2. The SMILES string of the molecule is O=C1CCC(C(=O)NCCc2cccc(-c3ccccc3)c2)N1. The molecule has 2 aromatic rings. The average molecular weight is 308 g/mol. The molecule has 0 aliphatic carbocycles. The summed E-state index contributed by atoms with van der Waals surface area (Å²) in [4.78, 5) is 23.1. The van der Waals surface area contributed by atoms with E-state index >= 15 is 0 Å². The van der Waals surface area contributed by atoms with Gasteiger partial charge in [0.1, 0.15) is 6.04 Å². The average Bonchev–Trinajstić information content (AvgIpc) is 3.02. The number of carbonyl (C=O) groups excluding carboxylic acids is 2. The van der Waals surface area contributed by atoms with Gasteiger partial charge in [-0.05, 0) is 29.5 Å². The lowest BCUT2D eigenvalue weighted by atomic mass is 10.0. The zero-order valence-electron chi connectivity index (χ0n) is 12.9. The van der Waals surface area contributed by atoms with Gasteiger partial charge in [0.2, 0.25) is 11.8 Å². The number of nitrogens with one attached hydrogen (secondary N) is 2. The minimum atomic E-state index is -0.363. The second-order valence-corrected chi connectivity index (χ2v) is 5.77. The van der Waals surface area contributed by atoms with E-state index in [2.05, 4.69) is 41.0 Å². The third kappa shape index (κ3) is 3.97. The molecule has 4 heteroatoms. The third-order valence-corrected chi connectivity index (χ3v) is 4.06. The van der Waals surface area contributed by atoms with Crippen LogP contribution in [-0.4, -0.2) is 24.4 Å². The minimum absolute atomic E-state index is 0.0410. The first-order chi connectivity index (χ1) is 11.2. The van der Waals surface area contributed by atoms with Crippen molar-refractivity contribution >= 4 is 11.8 Å². The van der Waals surface area contributed by atoms with Crippen molar-refractivity contribution in [2.45, 2.75) is 25.3 Å². The van der Waals surface area contributed by atoms with Crippen molar-refractivity contribution < 1.29 is 9.59 Å². The van der Waals surface area contributed by atoms with Gasteiger partial charge in [0.05, 0.1) is 0 Å². The van der Waals surface area contributed by atoms with Crippen LogP contribution in [-0.2, 0) is 16.0 Å². The van der Waals surface area contributed by atoms with E-state index in [1.165, 1.54) is 16.7 Å². The number of carbonyl (C=O) groups is 2. The number of hydrogen-bond acceptors (Lipinski definition) is 2. The number of rotatable bonds is 5. The van der Waals surface area contributed by atoms with Crippen LogP contribution in [0.3, 0.4) is 0 Å². The summed E-state index contributed by atoms with van der Waals surface area (Å²) in [7, 11) is 0. The topological polar surface area (TPSA) is 58.2 Å². The maximum absolute atomic E-state index is 11.9. The molecule has 1 atom stereocenters. The minimum Gasteiger partial charge on any atom is -0.354 e. The second kappa shape index (κ2) is 7.09. The lowest BCUT2D eigenvalue weighted by Gasteiger charge is -2.11. The van der Waals surface area contributed by atoms with Crippen LogP contribution in [0.25, 0.3) is 11.1 Å². The van der Waals surface area contributed by atoms with Gasteiger partial charge in [0.15, 0.2) is 0 Å². The zero-order valence-corrected chi connectivity index (χ0v) is 12.9. The molecule has 23 heavy (non-hydrogen) atoms. The second-order valence-electron chi connectivity index (χ2n) is 5.77. The zero-order chi connectivity index (χ0) is 16.1. The van der Waals surface area contributed by atoms with Gasteiger partial charge >= 0.3 is 0 Å². The standard InChI is InChI=1S/C19H20N2O2/c22-18-10-9-17(21-18)19(23)20-12-11-14-5-4-8-16(13-14)15-6-2-1-3-7-15/h1-8,13,17H,9-12H2,(H,20,23)(H,21,22). The largest absolute Gasteiger partial charge is 0.354 e. The van der Waals surface area contributed by atoms with Crippen molar-refractivity contribution in [3.63, 3.8) is 0 Å². The molecule has 1 unspecified atom stereocenters. The molecule has 118 valence electrons. The van der Waals surface area contributed by atoms with E-state index in [-0.39, 0.29) is 17.9 Å². The van der Waals surface area contributed by atoms with Crippen LogP contribution < -0.4 is 10.6 Å². The lowest BCUT2D eigenvalue weighted by Crippen LogP contribution is -2.42. The predicted molar refractivity (Wildman–Crippen MR) is 89.8 cm³/mol. The normalized spacial score (nSPS) is 16.9. The van der Waals surface area contributed by atoms with Crippen LogP contribution in [0.1, 0.15) is 18.4 Å². The smallest absolute Gasteiger partial charge is 0.242 e. The quantitative estimate of drug-likeness (QED) is 0.890. The molecule has 0 radical (unpaired) electrons. The Morgan fingerprint density at radius 2 is 1.87 bits per heavy atom. The molecule has 1 aliphatic rings. The first kappa shape index (κ1) is 15.3. The van der Waals surface area contributed by atoms with Gasteiger partial charge in [0.25, 0.3) is 0 Å². The Morgan fingerprint density at radius 3 is 2.61 bits per heavy atom. The van der Waals surface area contributed by atoms with Gasteiger partial charge < -0.3 is 10.6 Å². The molecule has 1 fully saturated rings. The van der Waals surface area contributed by atoms with Crippen molar-refractivity contribution in [1.29, 1.82) is 0 Å². The molecule has 3 rings (SSSR count). The van der Waals surface area contributed by atoms with Gasteiger partial charge in [-0.2, -0.15) is 0 Å². The van der Waals surface area contributed by atoms with E-state index < -0.39 is 0 Å².